The second kappa shape index (κ2) is 10.8. The number of piperazine rings is 1. The SMILES string of the molecule is Cc1ccc(S(=O)(=O)N2CCN(c3ccc([N+](=O)[O-])c(C4CCc5c(ccc6c5ccc5ccccc56)C4)c3)CC2)cc1. The van der Waals surface area contributed by atoms with Crippen molar-refractivity contribution in [2.24, 2.45) is 0 Å². The quantitative estimate of drug-likeness (QED) is 0.125. The van der Waals surface area contributed by atoms with E-state index in [1.807, 2.05) is 25.1 Å². The van der Waals surface area contributed by atoms with Crippen LogP contribution in [0, 0.1) is 17.0 Å². The molecule has 43 heavy (non-hydrogen) atoms. The molecule has 1 heterocycles. The number of rotatable bonds is 5. The Bertz CT molecular complexity index is 1980. The molecule has 0 aromatic heterocycles. The van der Waals surface area contributed by atoms with Crippen LogP contribution in [0.5, 0.6) is 0 Å². The number of nitro groups is 1. The van der Waals surface area contributed by atoms with E-state index in [0.29, 0.717) is 31.1 Å². The number of hydrogen-bond donors (Lipinski definition) is 0. The van der Waals surface area contributed by atoms with E-state index in [-0.39, 0.29) is 16.5 Å². The fourth-order valence-corrected chi connectivity index (χ4v) is 8.33. The maximum Gasteiger partial charge on any atom is 0.273 e. The largest absolute Gasteiger partial charge is 0.369 e. The Hall–Kier alpha value is -4.27. The summed E-state index contributed by atoms with van der Waals surface area (Å²) in [6.07, 6.45) is 2.46. The molecular formula is C35H33N3O4S. The molecule has 7 nitrogen and oxygen atoms in total. The van der Waals surface area contributed by atoms with Crippen LogP contribution in [-0.4, -0.2) is 43.8 Å². The number of anilines is 1. The third-order valence-corrected chi connectivity index (χ3v) is 11.2. The standard InChI is InChI=1S/C35H33N3O4S/c1-24-6-12-29(13-7-24)43(41,42)37-20-18-36(19-21-37)28-11-17-35(38(39)40)34(23-28)27-9-14-31-26(22-27)10-16-32-30-5-3-2-4-25(30)8-15-33(31)32/h2-8,10-13,15-17,23,27H,9,14,18-22H2,1H3. The molecule has 1 atom stereocenters. The topological polar surface area (TPSA) is 83.8 Å². The summed E-state index contributed by atoms with van der Waals surface area (Å²) in [6, 6.07) is 29.6. The molecule has 5 aromatic rings. The maximum absolute atomic E-state index is 13.2. The predicted octanol–water partition coefficient (Wildman–Crippen LogP) is 6.99. The van der Waals surface area contributed by atoms with Crippen molar-refractivity contribution < 1.29 is 13.3 Å². The minimum atomic E-state index is -3.57. The van der Waals surface area contributed by atoms with Crippen LogP contribution >= 0.6 is 0 Å². The lowest BCUT2D eigenvalue weighted by atomic mass is 9.77. The van der Waals surface area contributed by atoms with E-state index in [0.717, 1.165) is 36.1 Å². The van der Waals surface area contributed by atoms with Gasteiger partial charge in [0, 0.05) is 43.5 Å². The molecule has 1 fully saturated rings. The lowest BCUT2D eigenvalue weighted by molar-refractivity contribution is -0.385. The fraction of sp³-hybridized carbons (Fsp3) is 0.257. The van der Waals surface area contributed by atoms with Crippen LogP contribution < -0.4 is 4.90 Å². The average Bonchev–Trinajstić information content (AvgIpc) is 3.04. The summed E-state index contributed by atoms with van der Waals surface area (Å²) in [5.74, 6) is 0.0361. The van der Waals surface area contributed by atoms with Crippen LogP contribution in [0.25, 0.3) is 21.5 Å². The van der Waals surface area contributed by atoms with Gasteiger partial charge < -0.3 is 4.90 Å². The number of nitro benzene ring substituents is 1. The van der Waals surface area contributed by atoms with Crippen LogP contribution in [0.1, 0.15) is 34.6 Å². The Balaban J connectivity index is 1.14. The molecule has 8 heteroatoms. The normalized spacial score (nSPS) is 17.7. The Morgan fingerprint density at radius 1 is 0.814 bits per heavy atom. The molecule has 1 aliphatic carbocycles. The minimum Gasteiger partial charge on any atom is -0.369 e. The van der Waals surface area contributed by atoms with Crippen LogP contribution in [-0.2, 0) is 22.9 Å². The van der Waals surface area contributed by atoms with Crippen molar-refractivity contribution in [3.8, 4) is 0 Å². The molecule has 0 radical (unpaired) electrons. The highest BCUT2D eigenvalue weighted by Crippen LogP contribution is 2.41. The summed E-state index contributed by atoms with van der Waals surface area (Å²) in [7, 11) is -3.57. The first-order valence-corrected chi connectivity index (χ1v) is 16.3. The summed E-state index contributed by atoms with van der Waals surface area (Å²) >= 11 is 0. The lowest BCUT2D eigenvalue weighted by Crippen LogP contribution is -2.48. The number of fused-ring (bicyclic) bond motifs is 5. The Morgan fingerprint density at radius 2 is 1.56 bits per heavy atom. The van der Waals surface area contributed by atoms with Crippen LogP contribution in [0.15, 0.2) is 95.9 Å². The first-order chi connectivity index (χ1) is 20.8. The first-order valence-electron chi connectivity index (χ1n) is 14.8. The van der Waals surface area contributed by atoms with Crippen molar-refractivity contribution in [1.29, 1.82) is 0 Å². The van der Waals surface area contributed by atoms with Crippen molar-refractivity contribution in [1.82, 2.24) is 4.31 Å². The summed E-state index contributed by atoms with van der Waals surface area (Å²) in [6.45, 7) is 3.71. The van der Waals surface area contributed by atoms with Gasteiger partial charge in [0.1, 0.15) is 0 Å². The van der Waals surface area contributed by atoms with E-state index in [1.165, 1.54) is 37.0 Å². The minimum absolute atomic E-state index is 0.0361. The van der Waals surface area contributed by atoms with E-state index >= 15 is 0 Å². The fourth-order valence-electron chi connectivity index (χ4n) is 6.91. The van der Waals surface area contributed by atoms with Gasteiger partial charge in [0.2, 0.25) is 10.0 Å². The number of hydrogen-bond acceptors (Lipinski definition) is 5. The second-order valence-corrected chi connectivity index (χ2v) is 13.7. The van der Waals surface area contributed by atoms with E-state index in [4.69, 9.17) is 0 Å². The van der Waals surface area contributed by atoms with Crippen molar-refractivity contribution in [3.05, 3.63) is 123 Å². The number of aryl methyl sites for hydroxylation is 2. The van der Waals surface area contributed by atoms with E-state index < -0.39 is 10.0 Å². The molecule has 0 amide bonds. The highest BCUT2D eigenvalue weighted by atomic mass is 32.2. The molecule has 2 aliphatic rings. The molecular weight excluding hydrogens is 558 g/mol. The molecule has 1 aliphatic heterocycles. The number of nitrogens with zero attached hydrogens (tertiary/aromatic N) is 3. The van der Waals surface area contributed by atoms with Gasteiger partial charge >= 0.3 is 0 Å². The van der Waals surface area contributed by atoms with Crippen LogP contribution in [0.3, 0.4) is 0 Å². The smallest absolute Gasteiger partial charge is 0.273 e. The van der Waals surface area contributed by atoms with Crippen LogP contribution in [0.4, 0.5) is 11.4 Å². The van der Waals surface area contributed by atoms with Crippen molar-refractivity contribution >= 4 is 42.9 Å². The summed E-state index contributed by atoms with van der Waals surface area (Å²) in [5.41, 5.74) is 5.45. The highest BCUT2D eigenvalue weighted by molar-refractivity contribution is 7.89. The van der Waals surface area contributed by atoms with Gasteiger partial charge in [-0.3, -0.25) is 10.1 Å². The second-order valence-electron chi connectivity index (χ2n) is 11.7. The molecule has 0 bridgehead atoms. The number of sulfonamides is 1. The molecule has 0 spiro atoms. The molecule has 218 valence electrons. The summed E-state index contributed by atoms with van der Waals surface area (Å²) in [4.78, 5) is 14.3. The zero-order valence-corrected chi connectivity index (χ0v) is 24.9. The summed E-state index contributed by atoms with van der Waals surface area (Å²) in [5, 5.41) is 17.1. The molecule has 0 saturated carbocycles. The maximum atomic E-state index is 13.2. The zero-order chi connectivity index (χ0) is 29.7. The van der Waals surface area contributed by atoms with Crippen LogP contribution in [0.2, 0.25) is 0 Å². The van der Waals surface area contributed by atoms with Gasteiger partial charge in [0.25, 0.3) is 5.69 Å². The van der Waals surface area contributed by atoms with Gasteiger partial charge in [-0.05, 0) is 89.0 Å². The van der Waals surface area contributed by atoms with Crippen molar-refractivity contribution in [2.45, 2.75) is 37.0 Å². The molecule has 0 N–H and O–H groups in total. The molecule has 1 unspecified atom stereocenters. The first kappa shape index (κ1) is 27.6. The average molecular weight is 592 g/mol. The third-order valence-electron chi connectivity index (χ3n) is 9.25. The molecule has 5 aromatic carbocycles. The van der Waals surface area contributed by atoms with Gasteiger partial charge in [-0.25, -0.2) is 8.42 Å². The van der Waals surface area contributed by atoms with E-state index in [2.05, 4.69) is 53.4 Å². The Kier molecular flexibility index (Phi) is 6.91. The molecule has 7 rings (SSSR count). The van der Waals surface area contributed by atoms with E-state index in [1.54, 1.807) is 24.3 Å². The van der Waals surface area contributed by atoms with Crippen molar-refractivity contribution in [2.75, 3.05) is 31.1 Å². The summed E-state index contributed by atoms with van der Waals surface area (Å²) < 4.78 is 27.9. The monoisotopic (exact) mass is 591 g/mol. The predicted molar refractivity (Wildman–Crippen MR) is 171 cm³/mol. The Labute approximate surface area is 251 Å². The highest BCUT2D eigenvalue weighted by Gasteiger charge is 2.31. The van der Waals surface area contributed by atoms with Gasteiger partial charge in [0.15, 0.2) is 0 Å². The van der Waals surface area contributed by atoms with Crippen molar-refractivity contribution in [3.63, 3.8) is 0 Å². The Morgan fingerprint density at radius 3 is 2.33 bits per heavy atom. The zero-order valence-electron chi connectivity index (χ0n) is 24.1. The van der Waals surface area contributed by atoms with Gasteiger partial charge in [-0.15, -0.1) is 0 Å². The van der Waals surface area contributed by atoms with Gasteiger partial charge in [0.05, 0.1) is 9.82 Å². The molecule has 1 saturated heterocycles. The van der Waals surface area contributed by atoms with E-state index in [9.17, 15) is 18.5 Å². The van der Waals surface area contributed by atoms with Gasteiger partial charge in [-0.1, -0.05) is 66.2 Å². The third kappa shape index (κ3) is 4.94. The number of benzene rings is 5. The van der Waals surface area contributed by atoms with Gasteiger partial charge in [-0.2, -0.15) is 4.31 Å². The lowest BCUT2D eigenvalue weighted by Gasteiger charge is -2.36.